The van der Waals surface area contributed by atoms with E-state index in [1.165, 1.54) is 0 Å². The van der Waals surface area contributed by atoms with Crippen molar-refractivity contribution in [3.63, 3.8) is 0 Å². The molecule has 0 radical (unpaired) electrons. The van der Waals surface area contributed by atoms with Gasteiger partial charge in [0.05, 0.1) is 6.04 Å². The number of hydrogen-bond acceptors (Lipinski definition) is 1. The second kappa shape index (κ2) is 3.57. The molecule has 1 atom stereocenters. The lowest BCUT2D eigenvalue weighted by Crippen LogP contribution is -2.35. The molecule has 0 amide bonds. The standard InChI is InChI=1S/C9H9F4N/c1-5(14)9(12,13)6-2-3-7(10)8(11)4-6/h2-5H,14H2,1H3. The molecule has 2 N–H and O–H groups in total. The lowest BCUT2D eigenvalue weighted by molar-refractivity contribution is -0.0260. The van der Waals surface area contributed by atoms with Crippen LogP contribution in [0.2, 0.25) is 0 Å². The molecular formula is C9H9F4N. The highest BCUT2D eigenvalue weighted by molar-refractivity contribution is 5.23. The molecule has 0 spiro atoms. The Morgan fingerprint density at radius 1 is 1.21 bits per heavy atom. The normalized spacial score (nSPS) is 14.1. The van der Waals surface area contributed by atoms with Crippen LogP contribution in [-0.2, 0) is 5.92 Å². The van der Waals surface area contributed by atoms with Crippen LogP contribution in [-0.4, -0.2) is 6.04 Å². The molecular weight excluding hydrogens is 198 g/mol. The van der Waals surface area contributed by atoms with Gasteiger partial charge in [0.1, 0.15) is 0 Å². The van der Waals surface area contributed by atoms with Crippen LogP contribution in [0.25, 0.3) is 0 Å². The van der Waals surface area contributed by atoms with Gasteiger partial charge in [-0.2, -0.15) is 8.78 Å². The summed E-state index contributed by atoms with van der Waals surface area (Å²) < 4.78 is 51.4. The molecule has 1 aromatic carbocycles. The molecule has 0 fully saturated rings. The predicted molar refractivity (Wildman–Crippen MR) is 43.9 cm³/mol. The fraction of sp³-hybridized carbons (Fsp3) is 0.333. The van der Waals surface area contributed by atoms with Crippen LogP contribution in [0.15, 0.2) is 18.2 Å². The summed E-state index contributed by atoms with van der Waals surface area (Å²) in [5.74, 6) is -5.81. The summed E-state index contributed by atoms with van der Waals surface area (Å²) in [4.78, 5) is 0. The SMILES string of the molecule is CC(N)C(F)(F)c1ccc(F)c(F)c1. The monoisotopic (exact) mass is 207 g/mol. The molecule has 0 heterocycles. The molecule has 0 saturated heterocycles. The Balaban J connectivity index is 3.14. The van der Waals surface area contributed by atoms with Gasteiger partial charge in [-0.3, -0.25) is 0 Å². The van der Waals surface area contributed by atoms with E-state index in [2.05, 4.69) is 0 Å². The lowest BCUT2D eigenvalue weighted by atomic mass is 10.0. The summed E-state index contributed by atoms with van der Waals surface area (Å²) >= 11 is 0. The van der Waals surface area contributed by atoms with Crippen molar-refractivity contribution in [3.05, 3.63) is 35.4 Å². The van der Waals surface area contributed by atoms with Crippen molar-refractivity contribution in [2.75, 3.05) is 0 Å². The summed E-state index contributed by atoms with van der Waals surface area (Å²) in [6.07, 6.45) is 0. The molecule has 78 valence electrons. The van der Waals surface area contributed by atoms with Crippen molar-refractivity contribution in [2.45, 2.75) is 18.9 Å². The zero-order valence-corrected chi connectivity index (χ0v) is 7.40. The van der Waals surface area contributed by atoms with Gasteiger partial charge < -0.3 is 5.73 Å². The van der Waals surface area contributed by atoms with Crippen LogP contribution < -0.4 is 5.73 Å². The fourth-order valence-corrected chi connectivity index (χ4v) is 0.966. The van der Waals surface area contributed by atoms with E-state index in [9.17, 15) is 17.6 Å². The zero-order chi connectivity index (χ0) is 10.9. The predicted octanol–water partition coefficient (Wildman–Crippen LogP) is 2.40. The molecule has 0 bridgehead atoms. The largest absolute Gasteiger partial charge is 0.323 e. The molecule has 5 heteroatoms. The highest BCUT2D eigenvalue weighted by Crippen LogP contribution is 2.31. The Morgan fingerprint density at radius 2 is 1.79 bits per heavy atom. The number of nitrogens with two attached hydrogens (primary N) is 1. The molecule has 1 aromatic rings. The topological polar surface area (TPSA) is 26.0 Å². The average molecular weight is 207 g/mol. The second-order valence-corrected chi connectivity index (χ2v) is 3.04. The van der Waals surface area contributed by atoms with Crippen LogP contribution in [0.3, 0.4) is 0 Å². The molecule has 0 aliphatic rings. The number of alkyl halides is 2. The third kappa shape index (κ3) is 1.87. The van der Waals surface area contributed by atoms with Gasteiger partial charge in [0, 0.05) is 5.56 Å². The molecule has 14 heavy (non-hydrogen) atoms. The van der Waals surface area contributed by atoms with E-state index in [0.717, 1.165) is 13.0 Å². The summed E-state index contributed by atoms with van der Waals surface area (Å²) in [6, 6.07) is 0.480. The fourth-order valence-electron chi connectivity index (χ4n) is 0.966. The van der Waals surface area contributed by atoms with Gasteiger partial charge in [-0.15, -0.1) is 0 Å². The van der Waals surface area contributed by atoms with E-state index in [1.54, 1.807) is 0 Å². The Hall–Kier alpha value is -1.10. The molecule has 0 saturated carbocycles. The molecule has 0 aliphatic carbocycles. The van der Waals surface area contributed by atoms with Crippen LogP contribution in [0.4, 0.5) is 17.6 Å². The minimum absolute atomic E-state index is 0.457. The first-order valence-corrected chi connectivity index (χ1v) is 3.94. The zero-order valence-electron chi connectivity index (χ0n) is 7.40. The van der Waals surface area contributed by atoms with Crippen molar-refractivity contribution in [1.82, 2.24) is 0 Å². The maximum absolute atomic E-state index is 13.2. The van der Waals surface area contributed by atoms with Crippen LogP contribution in [0.1, 0.15) is 12.5 Å². The first-order valence-electron chi connectivity index (χ1n) is 3.94. The van der Waals surface area contributed by atoms with Crippen molar-refractivity contribution < 1.29 is 17.6 Å². The lowest BCUT2D eigenvalue weighted by Gasteiger charge is -2.20. The van der Waals surface area contributed by atoms with Gasteiger partial charge in [-0.25, -0.2) is 8.78 Å². The Bertz CT molecular complexity index is 336. The first-order chi connectivity index (χ1) is 6.35. The van der Waals surface area contributed by atoms with Gasteiger partial charge in [0.15, 0.2) is 11.6 Å². The quantitative estimate of drug-likeness (QED) is 0.740. The maximum atomic E-state index is 13.2. The molecule has 0 aliphatic heterocycles. The number of rotatable bonds is 2. The van der Waals surface area contributed by atoms with Crippen LogP contribution in [0.5, 0.6) is 0 Å². The minimum Gasteiger partial charge on any atom is -0.323 e. The highest BCUT2D eigenvalue weighted by Gasteiger charge is 2.36. The first kappa shape index (κ1) is 11.0. The number of hydrogen-bond donors (Lipinski definition) is 1. The van der Waals surface area contributed by atoms with Crippen molar-refractivity contribution >= 4 is 0 Å². The Kier molecular flexibility index (Phi) is 2.80. The number of benzene rings is 1. The van der Waals surface area contributed by atoms with E-state index in [1.807, 2.05) is 0 Å². The smallest absolute Gasteiger partial charge is 0.287 e. The average Bonchev–Trinajstić information content (AvgIpc) is 2.09. The minimum atomic E-state index is -3.35. The summed E-state index contributed by atoms with van der Waals surface area (Å²) in [5.41, 5.74) is 4.41. The van der Waals surface area contributed by atoms with Crippen LogP contribution >= 0.6 is 0 Å². The van der Waals surface area contributed by atoms with Gasteiger partial charge in [0.25, 0.3) is 5.92 Å². The van der Waals surface area contributed by atoms with Crippen molar-refractivity contribution in [2.24, 2.45) is 5.73 Å². The molecule has 1 nitrogen and oxygen atoms in total. The Morgan fingerprint density at radius 3 is 2.21 bits per heavy atom. The van der Waals surface area contributed by atoms with E-state index < -0.39 is 29.2 Å². The van der Waals surface area contributed by atoms with Gasteiger partial charge in [-0.1, -0.05) is 0 Å². The third-order valence-corrected chi connectivity index (χ3v) is 1.88. The van der Waals surface area contributed by atoms with E-state index in [-0.39, 0.29) is 0 Å². The van der Waals surface area contributed by atoms with Crippen molar-refractivity contribution in [1.29, 1.82) is 0 Å². The molecule has 0 aromatic heterocycles. The summed E-state index contributed by atoms with van der Waals surface area (Å²) in [6.45, 7) is 1.10. The Labute approximate surface area is 78.5 Å². The molecule has 1 unspecified atom stereocenters. The van der Waals surface area contributed by atoms with Gasteiger partial charge >= 0.3 is 0 Å². The van der Waals surface area contributed by atoms with Gasteiger partial charge in [0.2, 0.25) is 0 Å². The molecule has 1 rings (SSSR count). The third-order valence-electron chi connectivity index (χ3n) is 1.88. The van der Waals surface area contributed by atoms with Crippen molar-refractivity contribution in [3.8, 4) is 0 Å². The van der Waals surface area contributed by atoms with E-state index >= 15 is 0 Å². The van der Waals surface area contributed by atoms with E-state index in [4.69, 9.17) is 5.73 Å². The van der Waals surface area contributed by atoms with E-state index in [0.29, 0.717) is 12.1 Å². The van der Waals surface area contributed by atoms with Crippen LogP contribution in [0, 0.1) is 11.6 Å². The summed E-state index contributed by atoms with van der Waals surface area (Å²) in [7, 11) is 0. The number of halogens is 4. The second-order valence-electron chi connectivity index (χ2n) is 3.04. The van der Waals surface area contributed by atoms with Gasteiger partial charge in [-0.05, 0) is 25.1 Å². The highest BCUT2D eigenvalue weighted by atomic mass is 19.3. The summed E-state index contributed by atoms with van der Waals surface area (Å²) in [5, 5.41) is 0. The maximum Gasteiger partial charge on any atom is 0.287 e.